The molecule has 12 heteroatoms. The number of nitrogens with zero attached hydrogens (tertiary/aromatic N) is 6. The lowest BCUT2D eigenvalue weighted by Gasteiger charge is -2.35. The topological polar surface area (TPSA) is 92.2 Å². The maximum atomic E-state index is 15.8. The molecule has 0 radical (unpaired) electrons. The van der Waals surface area contributed by atoms with E-state index in [0.29, 0.717) is 24.2 Å². The maximum absolute atomic E-state index is 15.8. The van der Waals surface area contributed by atoms with Crippen LogP contribution in [0.3, 0.4) is 0 Å². The number of thiophene rings is 2. The summed E-state index contributed by atoms with van der Waals surface area (Å²) in [6, 6.07) is 19.9. The maximum Gasteiger partial charge on any atom is 0.261 e. The Balaban J connectivity index is 1.02. The molecule has 0 unspecified atom stereocenters. The molecule has 8 nitrogen and oxygen atoms in total. The summed E-state index contributed by atoms with van der Waals surface area (Å²) in [6.45, 7) is 19.6. The summed E-state index contributed by atoms with van der Waals surface area (Å²) in [6.07, 6.45) is 82.5. The van der Waals surface area contributed by atoms with E-state index in [1.54, 1.807) is 28.2 Å². The molecule has 2 amide bonds. The quantitative estimate of drug-likeness (QED) is 0.0353. The third kappa shape index (κ3) is 25.3. The van der Waals surface area contributed by atoms with Gasteiger partial charge in [0.05, 0.1) is 55.8 Å². The minimum Gasteiger partial charge on any atom is -0.306 e. The summed E-state index contributed by atoms with van der Waals surface area (Å²) in [4.78, 5) is 40.1. The second-order valence-corrected chi connectivity index (χ2v) is 41.4. The average Bonchev–Trinajstić information content (AvgIpc) is 1.51. The standard InChI is InChI=1S/C108H164N6O2S4/c1-9-15-21-27-33-37-41-45-49-53-57-63-73-107(74-64-58-54-50-46-42-38-34-28-22-16-10-2)88-81-86-89(80-85(88)95-90(107)79-83(7)99-101(95)111-119-109-99)108(75-65-59-55-51-47-43-39-35-29-23-17-11-3,76-66-60-56-52-48-44-40-36-30-24-18-12-4)91-82-87(100-102(96(86)91)112-120-110-100)92-71-72-94(118-92)104-98-97(105(115)114(104)78-68-62-32-26-20-14-6)103(93-70-69-84(8)117-93)113(106(98)116)77-67-61-31-25-19-13-5/h69-72,79-82H,9-68,73-78H2,1-8H3. The van der Waals surface area contributed by atoms with Gasteiger partial charge >= 0.3 is 0 Å². The second kappa shape index (κ2) is 52.3. The van der Waals surface area contributed by atoms with Crippen molar-refractivity contribution >= 4 is 91.4 Å². The van der Waals surface area contributed by atoms with Gasteiger partial charge in [-0.05, 0) is 134 Å². The average molecular weight is 1710 g/mol. The van der Waals surface area contributed by atoms with E-state index in [2.05, 4.69) is 109 Å². The van der Waals surface area contributed by atoms with Crippen LogP contribution < -0.4 is 0 Å². The molecule has 120 heavy (non-hydrogen) atoms. The van der Waals surface area contributed by atoms with Crippen molar-refractivity contribution in [1.82, 2.24) is 27.3 Å². The zero-order chi connectivity index (χ0) is 84.0. The molecule has 4 aliphatic rings. The third-order valence-corrected chi connectivity index (χ3v) is 31.8. The predicted octanol–water partition coefficient (Wildman–Crippen LogP) is 35.5. The highest BCUT2D eigenvalue weighted by Crippen LogP contribution is 2.64. The van der Waals surface area contributed by atoms with Crippen LogP contribution in [0.5, 0.6) is 0 Å². The van der Waals surface area contributed by atoms with Gasteiger partial charge in [0.1, 0.15) is 22.1 Å². The highest BCUT2D eigenvalue weighted by atomic mass is 32.1. The lowest BCUT2D eigenvalue weighted by atomic mass is 9.68. The van der Waals surface area contributed by atoms with Gasteiger partial charge in [-0.3, -0.25) is 9.59 Å². The molecule has 0 N–H and O–H groups in total. The van der Waals surface area contributed by atoms with Crippen molar-refractivity contribution < 1.29 is 9.59 Å². The van der Waals surface area contributed by atoms with Gasteiger partial charge in [0.25, 0.3) is 11.8 Å². The number of carbonyl (C=O) groups is 2. The summed E-state index contributed by atoms with van der Waals surface area (Å²) >= 11 is 6.30. The Kier molecular flexibility index (Phi) is 41.7. The van der Waals surface area contributed by atoms with Crippen LogP contribution in [0, 0.1) is 13.8 Å². The molecule has 3 aromatic carbocycles. The monoisotopic (exact) mass is 1710 g/mol. The van der Waals surface area contributed by atoms with Gasteiger partial charge in [0.15, 0.2) is 0 Å². The SMILES string of the molecule is CCCCCCCCCCCCCCC1(CCCCCCCCCCCCCC)c2cc3c(cc2-c2c1cc(C)c1nsnc21)C(CCCCCCCCCCCCCC)(CCCCCCCCCCCCCC)c1cc(-c2ccc(C4=C5C(=O)N(CCCCCCCC)C(c6ccc(C)s6)=C5C(=O)N4CCCCCCCC)s2)c2nsnc2c1-3. The Hall–Kier alpha value is -4.88. The molecule has 0 saturated heterocycles. The normalized spacial score (nSPS) is 14.6. The van der Waals surface area contributed by atoms with Crippen LogP contribution in [0.2, 0.25) is 0 Å². The van der Waals surface area contributed by atoms with Gasteiger partial charge in [-0.1, -0.05) is 420 Å². The van der Waals surface area contributed by atoms with Crippen LogP contribution in [0.25, 0.3) is 66.2 Å². The van der Waals surface area contributed by atoms with Crippen LogP contribution in [-0.2, 0) is 20.4 Å². The first-order valence-electron chi connectivity index (χ1n) is 51.2. The Morgan fingerprint density at radius 1 is 0.275 bits per heavy atom. The molecule has 6 heterocycles. The lowest BCUT2D eigenvalue weighted by Crippen LogP contribution is -2.30. The molecule has 0 atom stereocenters. The van der Waals surface area contributed by atoms with Crippen LogP contribution in [0.15, 0.2) is 59.7 Å². The summed E-state index contributed by atoms with van der Waals surface area (Å²) in [5.41, 5.74) is 20.8. The fourth-order valence-corrected chi connectivity index (χ4v) is 24.8. The summed E-state index contributed by atoms with van der Waals surface area (Å²) in [7, 11) is 0. The Labute approximate surface area is 747 Å². The number of hydrogen-bond donors (Lipinski definition) is 0. The minimum absolute atomic E-state index is 0.00578. The molecule has 0 fully saturated rings. The summed E-state index contributed by atoms with van der Waals surface area (Å²) in [5.74, 6) is -0.0116. The number of aryl methyl sites for hydroxylation is 2. The first-order valence-corrected chi connectivity index (χ1v) is 54.3. The molecule has 0 spiro atoms. The largest absolute Gasteiger partial charge is 0.306 e. The van der Waals surface area contributed by atoms with Crippen molar-refractivity contribution in [1.29, 1.82) is 0 Å². The molecule has 2 aliphatic carbocycles. The third-order valence-electron chi connectivity index (χ3n) is 28.6. The van der Waals surface area contributed by atoms with Crippen LogP contribution in [0.1, 0.15) is 495 Å². The molecule has 11 rings (SSSR count). The van der Waals surface area contributed by atoms with Crippen molar-refractivity contribution in [2.24, 2.45) is 0 Å². The number of unbranched alkanes of at least 4 members (excludes halogenated alkanes) is 54. The molecule has 7 aromatic rings. The minimum atomic E-state index is -0.272. The van der Waals surface area contributed by atoms with E-state index in [4.69, 9.17) is 17.5 Å². The second-order valence-electron chi connectivity index (χ2n) is 38.0. The summed E-state index contributed by atoms with van der Waals surface area (Å²) < 4.78 is 21.7. The Morgan fingerprint density at radius 2 is 0.542 bits per heavy atom. The zero-order valence-electron chi connectivity index (χ0n) is 77.4. The number of hydrogen-bond acceptors (Lipinski definition) is 10. The summed E-state index contributed by atoms with van der Waals surface area (Å²) in [5, 5.41) is 0. The molecular weight excluding hydrogens is 1540 g/mol. The van der Waals surface area contributed by atoms with Crippen molar-refractivity contribution in [3.63, 3.8) is 0 Å². The fraction of sp³-hybridized carbons (Fsp3) is 0.704. The molecule has 0 bridgehead atoms. The van der Waals surface area contributed by atoms with Crippen molar-refractivity contribution in [2.45, 2.75) is 477 Å². The van der Waals surface area contributed by atoms with Crippen LogP contribution in [-0.4, -0.2) is 52.2 Å². The Bertz CT molecular complexity index is 4200. The molecule has 4 aromatic heterocycles. The first kappa shape index (κ1) is 95.8. The number of rotatable bonds is 69. The highest BCUT2D eigenvalue weighted by molar-refractivity contribution is 7.16. The molecular formula is C108H164N6O2S4. The van der Waals surface area contributed by atoms with Crippen LogP contribution in [0.4, 0.5) is 0 Å². The molecule has 2 aliphatic heterocycles. The van der Waals surface area contributed by atoms with Gasteiger partial charge in [-0.15, -0.1) is 22.7 Å². The predicted molar refractivity (Wildman–Crippen MR) is 525 cm³/mol. The van der Waals surface area contributed by atoms with Gasteiger partial charge in [-0.25, -0.2) is 0 Å². The van der Waals surface area contributed by atoms with E-state index in [-0.39, 0.29) is 22.6 Å². The highest BCUT2D eigenvalue weighted by Gasteiger charge is 2.52. The Morgan fingerprint density at radius 3 is 0.875 bits per heavy atom. The first-order chi connectivity index (χ1) is 59.1. The van der Waals surface area contributed by atoms with E-state index in [1.165, 1.54) is 420 Å². The van der Waals surface area contributed by atoms with Crippen molar-refractivity contribution in [3.8, 4) is 32.7 Å². The van der Waals surface area contributed by atoms with Crippen LogP contribution >= 0.6 is 46.1 Å². The fourth-order valence-electron chi connectivity index (χ4n) is 21.6. The number of aromatic nitrogens is 4. The van der Waals surface area contributed by atoms with E-state index in [9.17, 15) is 0 Å². The van der Waals surface area contributed by atoms with Crippen molar-refractivity contribution in [2.75, 3.05) is 13.1 Å². The number of amides is 2. The van der Waals surface area contributed by atoms with E-state index in [0.717, 1.165) is 118 Å². The van der Waals surface area contributed by atoms with E-state index >= 15 is 9.59 Å². The zero-order valence-corrected chi connectivity index (χ0v) is 80.7. The van der Waals surface area contributed by atoms with E-state index < -0.39 is 0 Å². The number of benzene rings is 3. The van der Waals surface area contributed by atoms with Gasteiger partial charge < -0.3 is 9.80 Å². The smallest absolute Gasteiger partial charge is 0.261 e. The van der Waals surface area contributed by atoms with Gasteiger partial charge in [-0.2, -0.15) is 17.5 Å². The van der Waals surface area contributed by atoms with E-state index in [1.807, 2.05) is 4.90 Å². The molecule has 662 valence electrons. The van der Waals surface area contributed by atoms with Gasteiger partial charge in [0, 0.05) is 50.4 Å². The van der Waals surface area contributed by atoms with Crippen molar-refractivity contribution in [3.05, 3.63) is 102 Å². The van der Waals surface area contributed by atoms with Gasteiger partial charge in [0.2, 0.25) is 0 Å². The number of carbonyl (C=O) groups excluding carboxylic acids is 2. The lowest BCUT2D eigenvalue weighted by molar-refractivity contribution is -0.124. The number of fused-ring (bicyclic) bond motifs is 11. The molecule has 0 saturated carbocycles.